The van der Waals surface area contributed by atoms with Gasteiger partial charge in [-0.3, -0.25) is 0 Å². The van der Waals surface area contributed by atoms with Crippen LogP contribution in [0.4, 0.5) is 8.78 Å². The van der Waals surface area contributed by atoms with Gasteiger partial charge in [-0.15, -0.1) is 6.58 Å². The van der Waals surface area contributed by atoms with Gasteiger partial charge >= 0.3 is 0 Å². The molecule has 2 aliphatic rings. The first-order valence-electron chi connectivity index (χ1n) is 13.5. The Balaban J connectivity index is 1.23. The van der Waals surface area contributed by atoms with Gasteiger partial charge in [-0.05, 0) is 98.3 Å². The molecule has 0 bridgehead atoms. The summed E-state index contributed by atoms with van der Waals surface area (Å²) in [6.45, 7) is 6.99. The van der Waals surface area contributed by atoms with Crippen molar-refractivity contribution < 1.29 is 18.3 Å². The van der Waals surface area contributed by atoms with Crippen molar-refractivity contribution in [2.75, 3.05) is 6.61 Å². The van der Waals surface area contributed by atoms with E-state index in [1.54, 1.807) is 12.1 Å². The Morgan fingerprint density at radius 3 is 2.20 bits per heavy atom. The molecule has 0 amide bonds. The summed E-state index contributed by atoms with van der Waals surface area (Å²) in [7, 11) is 0. The molecule has 0 N–H and O–H groups in total. The van der Waals surface area contributed by atoms with Crippen molar-refractivity contribution in [1.29, 1.82) is 0 Å². The van der Waals surface area contributed by atoms with E-state index in [9.17, 15) is 8.78 Å². The Morgan fingerprint density at radius 1 is 0.857 bits per heavy atom. The third kappa shape index (κ3) is 6.73. The van der Waals surface area contributed by atoms with Crippen LogP contribution in [-0.4, -0.2) is 12.7 Å². The van der Waals surface area contributed by atoms with Gasteiger partial charge in [0.1, 0.15) is 0 Å². The first-order chi connectivity index (χ1) is 17.1. The quantitative estimate of drug-likeness (QED) is 0.249. The molecule has 0 unspecified atom stereocenters. The summed E-state index contributed by atoms with van der Waals surface area (Å²) in [6.07, 6.45) is 12.4. The van der Waals surface area contributed by atoms with Crippen LogP contribution in [0.5, 0.6) is 5.75 Å². The van der Waals surface area contributed by atoms with Crippen LogP contribution >= 0.6 is 0 Å². The summed E-state index contributed by atoms with van der Waals surface area (Å²) in [5.74, 6) is -0.195. The van der Waals surface area contributed by atoms with Gasteiger partial charge in [0.2, 0.25) is 5.82 Å². The minimum atomic E-state index is -0.853. The van der Waals surface area contributed by atoms with Gasteiger partial charge in [-0.2, -0.15) is 4.39 Å². The minimum Gasteiger partial charge on any atom is -0.490 e. The second-order valence-electron chi connectivity index (χ2n) is 10.4. The minimum absolute atomic E-state index is 0.0205. The molecule has 0 aliphatic heterocycles. The summed E-state index contributed by atoms with van der Waals surface area (Å²) in [4.78, 5) is 0. The highest BCUT2D eigenvalue weighted by Gasteiger charge is 2.27. The number of rotatable bonds is 10. The van der Waals surface area contributed by atoms with Crippen LogP contribution in [0.3, 0.4) is 0 Å². The van der Waals surface area contributed by atoms with Crippen LogP contribution in [0.1, 0.15) is 99.7 Å². The van der Waals surface area contributed by atoms with Gasteiger partial charge < -0.3 is 9.47 Å². The summed E-state index contributed by atoms with van der Waals surface area (Å²) >= 11 is 0. The van der Waals surface area contributed by atoms with Crippen LogP contribution in [0.2, 0.25) is 0 Å². The van der Waals surface area contributed by atoms with E-state index in [4.69, 9.17) is 9.47 Å². The van der Waals surface area contributed by atoms with Gasteiger partial charge in [0.05, 0.1) is 19.3 Å². The van der Waals surface area contributed by atoms with Crippen molar-refractivity contribution in [2.24, 2.45) is 5.92 Å². The molecule has 2 saturated carbocycles. The molecule has 0 saturated heterocycles. The fourth-order valence-corrected chi connectivity index (χ4v) is 5.63. The van der Waals surface area contributed by atoms with Crippen LogP contribution in [0.15, 0.2) is 49.1 Å². The molecule has 0 spiro atoms. The SMILES string of the molecule is C=CC1CCC(c2ccc(COC3CCC(c4ccc(OCCCC)c(F)c4F)CC3)cc2)CC1. The maximum Gasteiger partial charge on any atom is 0.200 e. The topological polar surface area (TPSA) is 18.5 Å². The van der Waals surface area contributed by atoms with Gasteiger partial charge in [-0.25, -0.2) is 4.39 Å². The summed E-state index contributed by atoms with van der Waals surface area (Å²) < 4.78 is 40.8. The largest absolute Gasteiger partial charge is 0.490 e. The molecule has 190 valence electrons. The van der Waals surface area contributed by atoms with Crippen molar-refractivity contribution in [3.05, 3.63) is 77.4 Å². The average molecular weight is 483 g/mol. The van der Waals surface area contributed by atoms with Crippen molar-refractivity contribution in [2.45, 2.75) is 95.7 Å². The van der Waals surface area contributed by atoms with E-state index in [-0.39, 0.29) is 17.8 Å². The number of halogens is 2. The van der Waals surface area contributed by atoms with E-state index in [2.05, 4.69) is 36.9 Å². The predicted octanol–water partition coefficient (Wildman–Crippen LogP) is 8.85. The normalized spacial score (nSPS) is 24.8. The third-order valence-electron chi connectivity index (χ3n) is 7.99. The molecule has 35 heavy (non-hydrogen) atoms. The zero-order valence-electron chi connectivity index (χ0n) is 21.1. The summed E-state index contributed by atoms with van der Waals surface area (Å²) in [5.41, 5.74) is 3.11. The Morgan fingerprint density at radius 2 is 1.54 bits per heavy atom. The predicted molar refractivity (Wildman–Crippen MR) is 138 cm³/mol. The molecular formula is C31H40F2O2. The lowest BCUT2D eigenvalue weighted by molar-refractivity contribution is 0.0131. The van der Waals surface area contributed by atoms with Crippen LogP contribution in [0, 0.1) is 17.6 Å². The third-order valence-corrected chi connectivity index (χ3v) is 7.99. The maximum absolute atomic E-state index is 14.7. The standard InChI is InChI=1S/C31H40F2O2/c1-3-5-20-34-29-19-18-28(30(32)31(29)33)26-14-16-27(17-15-26)35-21-23-8-12-25(13-9-23)24-10-6-22(4-2)7-11-24/h4,8-9,12-13,18-19,22,24,26-27H,2-3,5-7,10-11,14-17,20-21H2,1H3. The van der Waals surface area contributed by atoms with E-state index in [0.717, 1.165) is 38.5 Å². The van der Waals surface area contributed by atoms with Crippen LogP contribution in [-0.2, 0) is 11.3 Å². The Bertz CT molecular complexity index is 939. The Kier molecular flexibility index (Phi) is 9.37. The number of unbranched alkanes of at least 4 members (excludes halogenated alkanes) is 1. The fraction of sp³-hybridized carbons (Fsp3) is 0.548. The number of allylic oxidation sites excluding steroid dienone is 1. The zero-order valence-corrected chi connectivity index (χ0v) is 21.1. The van der Waals surface area contributed by atoms with Crippen molar-refractivity contribution >= 4 is 0 Å². The number of hydrogen-bond donors (Lipinski definition) is 0. The zero-order chi connectivity index (χ0) is 24.6. The molecule has 0 heterocycles. The first kappa shape index (κ1) is 25.9. The molecule has 4 rings (SSSR count). The van der Waals surface area contributed by atoms with E-state index in [1.807, 2.05) is 6.92 Å². The van der Waals surface area contributed by atoms with E-state index in [1.165, 1.54) is 36.8 Å². The number of hydrogen-bond acceptors (Lipinski definition) is 2. The molecule has 2 aromatic carbocycles. The summed E-state index contributed by atoms with van der Waals surface area (Å²) in [6, 6.07) is 12.2. The molecule has 0 atom stereocenters. The Hall–Kier alpha value is -2.20. The second kappa shape index (κ2) is 12.7. The van der Waals surface area contributed by atoms with E-state index < -0.39 is 11.6 Å². The molecule has 2 nitrogen and oxygen atoms in total. The number of benzene rings is 2. The van der Waals surface area contributed by atoms with Crippen molar-refractivity contribution in [1.82, 2.24) is 0 Å². The van der Waals surface area contributed by atoms with Gasteiger partial charge in [0.15, 0.2) is 11.6 Å². The lowest BCUT2D eigenvalue weighted by atomic mass is 9.79. The molecule has 0 radical (unpaired) electrons. The van der Waals surface area contributed by atoms with Crippen molar-refractivity contribution in [3.8, 4) is 5.75 Å². The molecule has 2 fully saturated rings. The van der Waals surface area contributed by atoms with Crippen LogP contribution in [0.25, 0.3) is 0 Å². The molecule has 4 heteroatoms. The molecule has 0 aromatic heterocycles. The molecular weight excluding hydrogens is 442 g/mol. The van der Waals surface area contributed by atoms with Crippen LogP contribution < -0.4 is 4.74 Å². The maximum atomic E-state index is 14.7. The lowest BCUT2D eigenvalue weighted by Crippen LogP contribution is -2.21. The monoisotopic (exact) mass is 482 g/mol. The van der Waals surface area contributed by atoms with Gasteiger partial charge in [0.25, 0.3) is 0 Å². The number of ether oxygens (including phenoxy) is 2. The van der Waals surface area contributed by atoms with Gasteiger partial charge in [-0.1, -0.05) is 49.8 Å². The summed E-state index contributed by atoms with van der Waals surface area (Å²) in [5, 5.41) is 0. The highest BCUT2D eigenvalue weighted by Crippen LogP contribution is 2.38. The molecule has 2 aromatic rings. The molecule has 2 aliphatic carbocycles. The lowest BCUT2D eigenvalue weighted by Gasteiger charge is -2.29. The highest BCUT2D eigenvalue weighted by atomic mass is 19.2. The highest BCUT2D eigenvalue weighted by molar-refractivity contribution is 5.33. The van der Waals surface area contributed by atoms with E-state index in [0.29, 0.717) is 30.6 Å². The smallest absolute Gasteiger partial charge is 0.200 e. The average Bonchev–Trinajstić information content (AvgIpc) is 2.91. The Labute approximate surface area is 209 Å². The fourth-order valence-electron chi connectivity index (χ4n) is 5.63. The van der Waals surface area contributed by atoms with E-state index >= 15 is 0 Å². The van der Waals surface area contributed by atoms with Crippen molar-refractivity contribution in [3.63, 3.8) is 0 Å². The first-order valence-corrected chi connectivity index (χ1v) is 13.5. The van der Waals surface area contributed by atoms with Gasteiger partial charge in [0, 0.05) is 0 Å². The second-order valence-corrected chi connectivity index (χ2v) is 10.4.